The van der Waals surface area contributed by atoms with Crippen molar-refractivity contribution in [3.8, 4) is 56.0 Å². The van der Waals surface area contributed by atoms with Crippen LogP contribution in [0.5, 0.6) is 0 Å². The topological polar surface area (TPSA) is 26.0 Å². The fraction of sp³-hybridized carbons (Fsp3) is 0.0465. The van der Waals surface area contributed by atoms with Gasteiger partial charge in [-0.05, 0) is 110 Å². The number of fused-ring (bicyclic) bond motifs is 2. The first-order valence-corrected chi connectivity index (χ1v) is 16.0. The van der Waals surface area contributed by atoms with Crippen molar-refractivity contribution in [2.45, 2.75) is 12.4 Å². The summed E-state index contributed by atoms with van der Waals surface area (Å²) in [6.07, 6.45) is -9.82. The van der Waals surface area contributed by atoms with Crippen molar-refractivity contribution in [1.29, 1.82) is 0 Å². The maximum Gasteiger partial charge on any atom is 0.416 e. The molecule has 51 heavy (non-hydrogen) atoms. The minimum Gasteiger partial charge on any atom is -0.436 e. The van der Waals surface area contributed by atoms with Gasteiger partial charge in [0.25, 0.3) is 0 Å². The second kappa shape index (κ2) is 12.3. The van der Waals surface area contributed by atoms with Gasteiger partial charge in [0.2, 0.25) is 5.89 Å². The molecule has 7 aromatic carbocycles. The highest BCUT2D eigenvalue weighted by molar-refractivity contribution is 5.91. The Bertz CT molecular complexity index is 2460. The average Bonchev–Trinajstić information content (AvgIpc) is 3.58. The summed E-state index contributed by atoms with van der Waals surface area (Å²) in [6, 6.07) is 44.3. The summed E-state index contributed by atoms with van der Waals surface area (Å²) in [5.74, 6) is 0.583. The number of nitrogens with zero attached hydrogens (tertiary/aromatic N) is 1. The molecular weight excluding hydrogens is 660 g/mol. The monoisotopic (exact) mass is 685 g/mol. The normalized spacial score (nSPS) is 12.1. The van der Waals surface area contributed by atoms with Gasteiger partial charge in [-0.2, -0.15) is 26.3 Å². The Kier molecular flexibility index (Phi) is 7.75. The van der Waals surface area contributed by atoms with Crippen LogP contribution >= 0.6 is 0 Å². The molecule has 8 aromatic rings. The largest absolute Gasteiger partial charge is 0.436 e. The first kappa shape index (κ1) is 32.1. The van der Waals surface area contributed by atoms with Crippen LogP contribution in [0.2, 0.25) is 0 Å². The zero-order chi connectivity index (χ0) is 35.3. The molecule has 0 N–H and O–H groups in total. The molecule has 0 radical (unpaired) electrons. The minimum absolute atomic E-state index is 0.134. The lowest BCUT2D eigenvalue weighted by Crippen LogP contribution is -2.11. The Morgan fingerprint density at radius 1 is 0.373 bits per heavy atom. The van der Waals surface area contributed by atoms with E-state index in [4.69, 9.17) is 4.42 Å². The molecule has 8 heteroatoms. The third-order valence-electron chi connectivity index (χ3n) is 8.96. The summed E-state index contributed by atoms with van der Waals surface area (Å²) in [5.41, 5.74) is 5.72. The Balaban J connectivity index is 0.995. The summed E-state index contributed by atoms with van der Waals surface area (Å²) in [5, 5.41) is 2.18. The van der Waals surface area contributed by atoms with Crippen molar-refractivity contribution in [2.24, 2.45) is 0 Å². The van der Waals surface area contributed by atoms with Crippen molar-refractivity contribution in [1.82, 2.24) is 4.98 Å². The summed E-state index contributed by atoms with van der Waals surface area (Å²) >= 11 is 0. The van der Waals surface area contributed by atoms with Crippen LogP contribution < -0.4 is 0 Å². The zero-order valence-corrected chi connectivity index (χ0v) is 26.6. The number of halogens is 6. The first-order chi connectivity index (χ1) is 24.5. The average molecular weight is 686 g/mol. The van der Waals surface area contributed by atoms with Gasteiger partial charge in [0, 0.05) is 5.56 Å². The van der Waals surface area contributed by atoms with Crippen LogP contribution in [0.1, 0.15) is 11.1 Å². The number of benzene rings is 7. The standard InChI is InChI=1S/C43H25F6NO/c44-42(45,46)37-23-36(24-38(25-37)43(47,48)49)30-11-7-27(8-12-30)26-5-9-28(10-6-26)32-17-19-35-22-33(18-20-34(35)21-32)29-13-15-31(16-14-29)41-50-39-3-1-2-4-40(39)51-41/h1-25H. The molecule has 0 fully saturated rings. The fourth-order valence-electron chi connectivity index (χ4n) is 6.24. The SMILES string of the molecule is FC(F)(F)c1cc(-c2ccc(-c3ccc(-c4ccc5cc(-c6ccc(-c7nc8ccccc8o7)cc6)ccc5c4)cc3)cc2)cc(C(F)(F)F)c1. The molecule has 8 rings (SSSR count). The number of rotatable bonds is 5. The van der Waals surface area contributed by atoms with Crippen molar-refractivity contribution < 1.29 is 30.8 Å². The molecule has 0 saturated carbocycles. The van der Waals surface area contributed by atoms with E-state index in [1.807, 2.05) is 60.7 Å². The summed E-state index contributed by atoms with van der Waals surface area (Å²) in [4.78, 5) is 4.59. The van der Waals surface area contributed by atoms with Gasteiger partial charge in [-0.1, -0.05) is 97.1 Å². The first-order valence-electron chi connectivity index (χ1n) is 16.0. The highest BCUT2D eigenvalue weighted by Gasteiger charge is 2.37. The number of hydrogen-bond donors (Lipinski definition) is 0. The molecule has 0 spiro atoms. The predicted molar refractivity (Wildman–Crippen MR) is 189 cm³/mol. The summed E-state index contributed by atoms with van der Waals surface area (Å²) in [6.45, 7) is 0. The Morgan fingerprint density at radius 3 is 1.22 bits per heavy atom. The zero-order valence-electron chi connectivity index (χ0n) is 26.6. The highest BCUT2D eigenvalue weighted by atomic mass is 19.4. The molecule has 1 aromatic heterocycles. The molecule has 0 amide bonds. The van der Waals surface area contributed by atoms with E-state index in [-0.39, 0.29) is 17.2 Å². The van der Waals surface area contributed by atoms with Crippen molar-refractivity contribution in [3.05, 3.63) is 163 Å². The molecule has 250 valence electrons. The number of hydrogen-bond acceptors (Lipinski definition) is 2. The molecule has 0 saturated heterocycles. The van der Waals surface area contributed by atoms with E-state index >= 15 is 0 Å². The van der Waals surface area contributed by atoms with Crippen molar-refractivity contribution in [3.63, 3.8) is 0 Å². The summed E-state index contributed by atoms with van der Waals surface area (Å²) in [7, 11) is 0. The lowest BCUT2D eigenvalue weighted by atomic mass is 9.95. The van der Waals surface area contributed by atoms with Gasteiger partial charge in [-0.15, -0.1) is 0 Å². The van der Waals surface area contributed by atoms with Crippen LogP contribution in [-0.4, -0.2) is 4.98 Å². The van der Waals surface area contributed by atoms with Gasteiger partial charge in [-0.25, -0.2) is 4.98 Å². The van der Waals surface area contributed by atoms with Gasteiger partial charge in [-0.3, -0.25) is 0 Å². The number of aromatic nitrogens is 1. The molecule has 1 heterocycles. The number of para-hydroxylation sites is 2. The van der Waals surface area contributed by atoms with Gasteiger partial charge < -0.3 is 4.42 Å². The number of alkyl halides is 6. The van der Waals surface area contributed by atoms with E-state index in [1.165, 1.54) is 12.1 Å². The third kappa shape index (κ3) is 6.48. The van der Waals surface area contributed by atoms with Crippen LogP contribution in [0.4, 0.5) is 26.3 Å². The van der Waals surface area contributed by atoms with Crippen molar-refractivity contribution in [2.75, 3.05) is 0 Å². The Hall–Kier alpha value is -6.15. The molecule has 0 atom stereocenters. The molecule has 0 aliphatic rings. The van der Waals surface area contributed by atoms with E-state index in [0.717, 1.165) is 72.9 Å². The van der Waals surface area contributed by atoms with E-state index in [1.54, 1.807) is 12.1 Å². The van der Waals surface area contributed by atoms with Gasteiger partial charge in [0.05, 0.1) is 11.1 Å². The van der Waals surface area contributed by atoms with Crippen molar-refractivity contribution >= 4 is 21.9 Å². The second-order valence-corrected chi connectivity index (χ2v) is 12.3. The van der Waals surface area contributed by atoms with E-state index in [2.05, 4.69) is 53.5 Å². The van der Waals surface area contributed by atoms with Crippen LogP contribution in [0.3, 0.4) is 0 Å². The predicted octanol–water partition coefficient (Wildman–Crippen LogP) is 13.4. The Morgan fingerprint density at radius 2 is 0.765 bits per heavy atom. The third-order valence-corrected chi connectivity index (χ3v) is 8.96. The molecule has 0 aliphatic carbocycles. The van der Waals surface area contributed by atoms with Crippen LogP contribution in [0, 0.1) is 0 Å². The molecule has 2 nitrogen and oxygen atoms in total. The Labute approximate surface area is 288 Å². The van der Waals surface area contributed by atoms with Crippen LogP contribution in [-0.2, 0) is 12.4 Å². The van der Waals surface area contributed by atoms with Gasteiger partial charge in [0.15, 0.2) is 5.58 Å². The van der Waals surface area contributed by atoms with Crippen LogP contribution in [0.15, 0.2) is 156 Å². The minimum atomic E-state index is -4.91. The fourth-order valence-corrected chi connectivity index (χ4v) is 6.24. The van der Waals surface area contributed by atoms with Gasteiger partial charge >= 0.3 is 12.4 Å². The van der Waals surface area contributed by atoms with Crippen LogP contribution in [0.25, 0.3) is 77.8 Å². The number of oxazole rings is 1. The van der Waals surface area contributed by atoms with E-state index < -0.39 is 23.5 Å². The highest BCUT2D eigenvalue weighted by Crippen LogP contribution is 2.39. The molecule has 0 bridgehead atoms. The maximum atomic E-state index is 13.4. The second-order valence-electron chi connectivity index (χ2n) is 12.3. The van der Waals surface area contributed by atoms with E-state index in [9.17, 15) is 26.3 Å². The molecule has 0 unspecified atom stereocenters. The lowest BCUT2D eigenvalue weighted by Gasteiger charge is -2.14. The van der Waals surface area contributed by atoms with E-state index in [0.29, 0.717) is 5.89 Å². The maximum absolute atomic E-state index is 13.4. The molecule has 0 aliphatic heterocycles. The smallest absolute Gasteiger partial charge is 0.416 e. The summed E-state index contributed by atoms with van der Waals surface area (Å²) < 4.78 is 86.1. The quantitative estimate of drug-likeness (QED) is 0.169. The molecular formula is C43H25F6NO. The lowest BCUT2D eigenvalue weighted by molar-refractivity contribution is -0.143. The van der Waals surface area contributed by atoms with Gasteiger partial charge in [0.1, 0.15) is 5.52 Å².